The lowest BCUT2D eigenvalue weighted by atomic mass is 10.3. The summed E-state index contributed by atoms with van der Waals surface area (Å²) >= 11 is 0. The zero-order chi connectivity index (χ0) is 14.5. The Labute approximate surface area is 112 Å². The van der Waals surface area contributed by atoms with E-state index in [1.54, 1.807) is 0 Å². The van der Waals surface area contributed by atoms with Crippen molar-refractivity contribution in [1.82, 2.24) is 0 Å². The maximum Gasteiger partial charge on any atom is 0.127 e. The number of aliphatic hydroxyl groups excluding tert-OH is 1. The number of ether oxygens (including phenoxy) is 1. The van der Waals surface area contributed by atoms with Gasteiger partial charge in [-0.15, -0.1) is 0 Å². The SMILES string of the molecule is CC(=O)[O-].CO.c1ccc(Oc2ccccc2)cc1. The number of carbonyl (C=O) groups excluding carboxylic acids is 1. The standard InChI is InChI=1S/C12H10O.C2H4O2.CH4O/c1-3-7-11(8-4-1)13-12-9-5-2-6-10-12;1-2(3)4;1-2/h1-10H;1H3,(H,3,4);2H,1H3/p-1. The highest BCUT2D eigenvalue weighted by Crippen LogP contribution is 2.19. The number of carbonyl (C=O) groups is 1. The maximum absolute atomic E-state index is 8.89. The van der Waals surface area contributed by atoms with Crippen LogP contribution < -0.4 is 9.84 Å². The average molecular weight is 261 g/mol. The lowest BCUT2D eigenvalue weighted by Crippen LogP contribution is -2.16. The summed E-state index contributed by atoms with van der Waals surface area (Å²) in [5.41, 5.74) is 0. The first-order valence-corrected chi connectivity index (χ1v) is 5.59. The number of hydrogen-bond acceptors (Lipinski definition) is 4. The third kappa shape index (κ3) is 9.38. The molecule has 0 aromatic heterocycles. The quantitative estimate of drug-likeness (QED) is 0.895. The predicted molar refractivity (Wildman–Crippen MR) is 71.8 cm³/mol. The second kappa shape index (κ2) is 10.8. The number of rotatable bonds is 2. The number of para-hydroxylation sites is 2. The third-order valence-corrected chi connectivity index (χ3v) is 1.72. The van der Waals surface area contributed by atoms with E-state index in [1.807, 2.05) is 60.7 Å². The summed E-state index contributed by atoms with van der Waals surface area (Å²) in [6, 6.07) is 19.5. The minimum atomic E-state index is -1.08. The summed E-state index contributed by atoms with van der Waals surface area (Å²) < 4.78 is 5.58. The lowest BCUT2D eigenvalue weighted by molar-refractivity contribution is -0.302. The largest absolute Gasteiger partial charge is 0.550 e. The van der Waals surface area contributed by atoms with Crippen LogP contribution in [-0.4, -0.2) is 18.2 Å². The van der Waals surface area contributed by atoms with Crippen molar-refractivity contribution in [3.8, 4) is 11.5 Å². The fraction of sp³-hybridized carbons (Fsp3) is 0.133. The summed E-state index contributed by atoms with van der Waals surface area (Å²) in [7, 11) is 1.00. The number of carboxylic acids is 1. The van der Waals surface area contributed by atoms with E-state index in [4.69, 9.17) is 19.7 Å². The van der Waals surface area contributed by atoms with Crippen LogP contribution in [0.4, 0.5) is 0 Å². The first kappa shape index (κ1) is 16.7. The number of benzene rings is 2. The van der Waals surface area contributed by atoms with E-state index in [9.17, 15) is 0 Å². The molecule has 0 fully saturated rings. The molecule has 0 heterocycles. The van der Waals surface area contributed by atoms with E-state index in [2.05, 4.69) is 0 Å². The van der Waals surface area contributed by atoms with Gasteiger partial charge in [-0.25, -0.2) is 0 Å². The van der Waals surface area contributed by atoms with Crippen LogP contribution in [0.3, 0.4) is 0 Å². The van der Waals surface area contributed by atoms with Crippen LogP contribution in [0.25, 0.3) is 0 Å². The molecule has 4 heteroatoms. The molecule has 2 rings (SSSR count). The van der Waals surface area contributed by atoms with Crippen LogP contribution >= 0.6 is 0 Å². The van der Waals surface area contributed by atoms with Gasteiger partial charge in [0.2, 0.25) is 0 Å². The lowest BCUT2D eigenvalue weighted by Gasteiger charge is -2.03. The van der Waals surface area contributed by atoms with Gasteiger partial charge < -0.3 is 19.7 Å². The summed E-state index contributed by atoms with van der Waals surface area (Å²) in [6.07, 6.45) is 0. The van der Waals surface area contributed by atoms with Crippen molar-refractivity contribution in [2.24, 2.45) is 0 Å². The Balaban J connectivity index is 0.000000467. The van der Waals surface area contributed by atoms with Crippen LogP contribution in [0.2, 0.25) is 0 Å². The van der Waals surface area contributed by atoms with Crippen LogP contribution in [0.15, 0.2) is 60.7 Å². The topological polar surface area (TPSA) is 69.6 Å². The fourth-order valence-electron chi connectivity index (χ4n) is 1.11. The molecule has 0 atom stereocenters. The van der Waals surface area contributed by atoms with Gasteiger partial charge in [-0.05, 0) is 31.2 Å². The van der Waals surface area contributed by atoms with Crippen molar-refractivity contribution in [2.45, 2.75) is 6.92 Å². The molecular formula is C15H17O4-. The van der Waals surface area contributed by atoms with Gasteiger partial charge in [-0.1, -0.05) is 36.4 Å². The molecule has 0 saturated heterocycles. The number of aliphatic carboxylic acids is 1. The second-order valence-corrected chi connectivity index (χ2v) is 3.22. The van der Waals surface area contributed by atoms with Crippen LogP contribution in [0.5, 0.6) is 11.5 Å². The smallest absolute Gasteiger partial charge is 0.127 e. The van der Waals surface area contributed by atoms with Gasteiger partial charge in [0.25, 0.3) is 0 Å². The molecule has 0 amide bonds. The molecule has 0 aliphatic rings. The Morgan fingerprint density at radius 3 is 1.42 bits per heavy atom. The van der Waals surface area contributed by atoms with E-state index >= 15 is 0 Å². The monoisotopic (exact) mass is 261 g/mol. The van der Waals surface area contributed by atoms with Crippen molar-refractivity contribution in [3.05, 3.63) is 60.7 Å². The first-order chi connectivity index (χ1) is 9.18. The molecule has 0 radical (unpaired) electrons. The first-order valence-electron chi connectivity index (χ1n) is 5.59. The Morgan fingerprint density at radius 1 is 0.895 bits per heavy atom. The van der Waals surface area contributed by atoms with Gasteiger partial charge in [0, 0.05) is 13.1 Å². The van der Waals surface area contributed by atoms with Gasteiger partial charge in [0.05, 0.1) is 0 Å². The number of aliphatic hydroxyl groups is 1. The van der Waals surface area contributed by atoms with Crippen LogP contribution in [-0.2, 0) is 4.79 Å². The fourth-order valence-corrected chi connectivity index (χ4v) is 1.11. The Hall–Kier alpha value is -2.33. The van der Waals surface area contributed by atoms with Crippen LogP contribution in [0.1, 0.15) is 6.92 Å². The molecule has 0 unspecified atom stereocenters. The van der Waals surface area contributed by atoms with Gasteiger partial charge in [-0.3, -0.25) is 0 Å². The molecule has 2 aromatic rings. The summed E-state index contributed by atoms with van der Waals surface area (Å²) in [5.74, 6) is 0.655. The summed E-state index contributed by atoms with van der Waals surface area (Å²) in [4.78, 5) is 8.89. The van der Waals surface area contributed by atoms with E-state index in [-0.39, 0.29) is 0 Å². The normalized spacial score (nSPS) is 8.16. The molecule has 4 nitrogen and oxygen atoms in total. The van der Waals surface area contributed by atoms with Crippen LogP contribution in [0, 0.1) is 0 Å². The minimum absolute atomic E-state index is 0.869. The molecule has 2 aromatic carbocycles. The van der Waals surface area contributed by atoms with E-state index in [1.165, 1.54) is 0 Å². The Bertz CT molecular complexity index is 399. The van der Waals surface area contributed by atoms with Gasteiger partial charge in [-0.2, -0.15) is 0 Å². The van der Waals surface area contributed by atoms with Crippen molar-refractivity contribution in [3.63, 3.8) is 0 Å². The minimum Gasteiger partial charge on any atom is -0.550 e. The highest BCUT2D eigenvalue weighted by atomic mass is 16.5. The molecular weight excluding hydrogens is 244 g/mol. The van der Waals surface area contributed by atoms with Gasteiger partial charge in [0.1, 0.15) is 11.5 Å². The summed E-state index contributed by atoms with van der Waals surface area (Å²) in [5, 5.41) is 15.9. The molecule has 0 saturated carbocycles. The third-order valence-electron chi connectivity index (χ3n) is 1.72. The van der Waals surface area contributed by atoms with Crippen molar-refractivity contribution in [1.29, 1.82) is 0 Å². The molecule has 19 heavy (non-hydrogen) atoms. The molecule has 0 bridgehead atoms. The Kier molecular flexibility index (Phi) is 9.48. The summed E-state index contributed by atoms with van der Waals surface area (Å²) in [6.45, 7) is 0.972. The van der Waals surface area contributed by atoms with Gasteiger partial charge >= 0.3 is 0 Å². The van der Waals surface area contributed by atoms with Crippen molar-refractivity contribution >= 4 is 5.97 Å². The molecule has 0 aliphatic heterocycles. The van der Waals surface area contributed by atoms with E-state index < -0.39 is 5.97 Å². The maximum atomic E-state index is 8.89. The van der Waals surface area contributed by atoms with Gasteiger partial charge in [0.15, 0.2) is 0 Å². The molecule has 0 aliphatic carbocycles. The Morgan fingerprint density at radius 2 is 1.16 bits per heavy atom. The molecule has 1 N–H and O–H groups in total. The number of carboxylic acid groups (broad SMARTS) is 1. The highest BCUT2D eigenvalue weighted by Gasteiger charge is 1.92. The van der Waals surface area contributed by atoms with E-state index in [0.29, 0.717) is 0 Å². The predicted octanol–water partition coefficient (Wildman–Crippen LogP) is 1.84. The molecule has 102 valence electrons. The zero-order valence-corrected chi connectivity index (χ0v) is 10.9. The van der Waals surface area contributed by atoms with E-state index in [0.717, 1.165) is 25.5 Å². The highest BCUT2D eigenvalue weighted by molar-refractivity contribution is 5.60. The van der Waals surface area contributed by atoms with Crippen molar-refractivity contribution < 1.29 is 19.7 Å². The second-order valence-electron chi connectivity index (χ2n) is 3.22. The van der Waals surface area contributed by atoms with Crippen molar-refractivity contribution in [2.75, 3.05) is 7.11 Å². The average Bonchev–Trinajstić information content (AvgIpc) is 2.43. The zero-order valence-electron chi connectivity index (χ0n) is 10.9. The molecule has 0 spiro atoms. The number of hydrogen-bond donors (Lipinski definition) is 1.